The number of nitrogens with one attached hydrogen (secondary N) is 2. The summed E-state index contributed by atoms with van der Waals surface area (Å²) in [6, 6.07) is 15.9. The molecular weight excluding hydrogens is 352 g/mol. The molecule has 0 radical (unpaired) electrons. The van der Waals surface area contributed by atoms with E-state index >= 15 is 0 Å². The van der Waals surface area contributed by atoms with Crippen LogP contribution in [0, 0.1) is 6.92 Å². The molecule has 3 aromatic rings. The molecule has 148 valence electrons. The molecule has 0 bridgehead atoms. The summed E-state index contributed by atoms with van der Waals surface area (Å²) >= 11 is 0. The van der Waals surface area contributed by atoms with E-state index < -0.39 is 0 Å². The monoisotopic (exact) mass is 381 g/mol. The molecule has 0 spiro atoms. The number of quaternary nitrogens is 1. The second-order valence-corrected chi connectivity index (χ2v) is 8.22. The number of hydrogen-bond acceptors (Lipinski definition) is 3. The van der Waals surface area contributed by atoms with Crippen LogP contribution in [0.5, 0.6) is 0 Å². The van der Waals surface area contributed by atoms with Crippen LogP contribution in [0.15, 0.2) is 63.6 Å². The van der Waals surface area contributed by atoms with E-state index in [1.807, 2.05) is 12.1 Å². The molecule has 2 N–H and O–H groups in total. The Morgan fingerprint density at radius 3 is 2.39 bits per heavy atom. The summed E-state index contributed by atoms with van der Waals surface area (Å²) in [5.41, 5.74) is 2.59. The Bertz CT molecular complexity index is 887. The van der Waals surface area contributed by atoms with Crippen LogP contribution < -0.4 is 10.2 Å². The normalized spacial score (nSPS) is 12.7. The van der Waals surface area contributed by atoms with Crippen molar-refractivity contribution in [2.45, 2.75) is 52.9 Å². The van der Waals surface area contributed by atoms with Gasteiger partial charge in [-0.25, -0.2) is 0 Å². The molecule has 28 heavy (non-hydrogen) atoms. The van der Waals surface area contributed by atoms with Gasteiger partial charge in [0.05, 0.1) is 18.3 Å². The van der Waals surface area contributed by atoms with Gasteiger partial charge in [-0.15, -0.1) is 0 Å². The summed E-state index contributed by atoms with van der Waals surface area (Å²) < 4.78 is 11.1. The summed E-state index contributed by atoms with van der Waals surface area (Å²) in [4.78, 5) is 13.7. The minimum atomic E-state index is -0.238. The predicted octanol–water partition coefficient (Wildman–Crippen LogP) is 3.49. The Hall–Kier alpha value is -2.79. The third-order valence-electron chi connectivity index (χ3n) is 4.88. The molecule has 0 aliphatic rings. The zero-order chi connectivity index (χ0) is 20.1. The molecule has 0 fully saturated rings. The highest BCUT2D eigenvalue weighted by Crippen LogP contribution is 2.10. The van der Waals surface area contributed by atoms with Crippen molar-refractivity contribution in [3.05, 3.63) is 83.2 Å². The molecule has 5 nitrogen and oxygen atoms in total. The van der Waals surface area contributed by atoms with Crippen LogP contribution in [0.1, 0.15) is 54.0 Å². The number of carbonyl (C=O) groups is 1. The van der Waals surface area contributed by atoms with Crippen molar-refractivity contribution in [1.82, 2.24) is 5.32 Å². The van der Waals surface area contributed by atoms with Gasteiger partial charge in [-0.05, 0) is 52.0 Å². The number of benzene rings is 1. The molecule has 2 heterocycles. The maximum absolute atomic E-state index is 12.3. The molecule has 1 atom stereocenters. The second kappa shape index (κ2) is 8.48. The van der Waals surface area contributed by atoms with Gasteiger partial charge in [0.2, 0.25) is 0 Å². The van der Waals surface area contributed by atoms with Crippen LogP contribution in [0.4, 0.5) is 0 Å². The fraction of sp³-hybridized carbons (Fsp3) is 0.348. The molecule has 1 unspecified atom stereocenters. The SMILES string of the molecule is Cc1ccc(C[NH+](Cc2ccc(C(=O)NCc3ccco3)o2)C(C)(C)C)cc1. The second-order valence-electron chi connectivity index (χ2n) is 8.22. The first-order chi connectivity index (χ1) is 13.3. The predicted molar refractivity (Wildman–Crippen MR) is 108 cm³/mol. The van der Waals surface area contributed by atoms with Crippen LogP contribution in [0.3, 0.4) is 0 Å². The molecular formula is C23H29N2O3+. The van der Waals surface area contributed by atoms with Gasteiger partial charge in [0.1, 0.15) is 18.8 Å². The van der Waals surface area contributed by atoms with Gasteiger partial charge in [0.25, 0.3) is 5.91 Å². The average molecular weight is 381 g/mol. The zero-order valence-electron chi connectivity index (χ0n) is 17.0. The van der Waals surface area contributed by atoms with Crippen LogP contribution in [0.2, 0.25) is 0 Å². The Kier molecular flexibility index (Phi) is 6.05. The summed E-state index contributed by atoms with van der Waals surface area (Å²) in [6.45, 7) is 10.7. The van der Waals surface area contributed by atoms with Crippen molar-refractivity contribution in [3.63, 3.8) is 0 Å². The average Bonchev–Trinajstić information content (AvgIpc) is 3.32. The van der Waals surface area contributed by atoms with E-state index in [0.29, 0.717) is 24.6 Å². The fourth-order valence-corrected chi connectivity index (χ4v) is 3.02. The van der Waals surface area contributed by atoms with Crippen molar-refractivity contribution in [2.24, 2.45) is 0 Å². The van der Waals surface area contributed by atoms with Crippen LogP contribution in [-0.2, 0) is 19.6 Å². The molecule has 3 rings (SSSR count). The molecule has 5 heteroatoms. The number of carbonyl (C=O) groups excluding carboxylic acids is 1. The molecule has 2 aromatic heterocycles. The maximum atomic E-state index is 12.3. The van der Waals surface area contributed by atoms with Gasteiger partial charge in [0.15, 0.2) is 11.5 Å². The Balaban J connectivity index is 1.64. The standard InChI is InChI=1S/C23H28N2O3/c1-17-7-9-18(10-8-17)15-25(23(2,3)4)16-20-11-12-21(28-20)22(26)24-14-19-6-5-13-27-19/h5-13H,14-16H2,1-4H3,(H,24,26)/p+1. The Labute approximate surface area is 166 Å². The van der Waals surface area contributed by atoms with Gasteiger partial charge in [-0.2, -0.15) is 0 Å². The number of aryl methyl sites for hydroxylation is 1. The van der Waals surface area contributed by atoms with Crippen LogP contribution in [0.25, 0.3) is 0 Å². The maximum Gasteiger partial charge on any atom is 0.287 e. The molecule has 0 aliphatic heterocycles. The van der Waals surface area contributed by atoms with Gasteiger partial charge >= 0.3 is 0 Å². The van der Waals surface area contributed by atoms with E-state index in [1.165, 1.54) is 16.0 Å². The van der Waals surface area contributed by atoms with E-state index in [9.17, 15) is 4.79 Å². The number of rotatable bonds is 7. The van der Waals surface area contributed by atoms with Gasteiger partial charge in [-0.3, -0.25) is 4.79 Å². The molecule has 0 aliphatic carbocycles. The number of hydrogen-bond donors (Lipinski definition) is 2. The van der Waals surface area contributed by atoms with Crippen LogP contribution >= 0.6 is 0 Å². The smallest absolute Gasteiger partial charge is 0.287 e. The van der Waals surface area contributed by atoms with Crippen molar-refractivity contribution in [1.29, 1.82) is 0 Å². The lowest BCUT2D eigenvalue weighted by Crippen LogP contribution is -3.16. The largest absolute Gasteiger partial charge is 0.467 e. The quantitative estimate of drug-likeness (QED) is 0.659. The first-order valence-corrected chi connectivity index (χ1v) is 9.61. The van der Waals surface area contributed by atoms with Gasteiger partial charge in [-0.1, -0.05) is 29.8 Å². The Morgan fingerprint density at radius 2 is 1.75 bits per heavy atom. The highest BCUT2D eigenvalue weighted by Gasteiger charge is 2.27. The van der Waals surface area contributed by atoms with Crippen molar-refractivity contribution < 1.29 is 18.5 Å². The molecule has 1 aromatic carbocycles. The lowest BCUT2D eigenvalue weighted by molar-refractivity contribution is -0.973. The van der Waals surface area contributed by atoms with Gasteiger partial charge < -0.3 is 19.1 Å². The lowest BCUT2D eigenvalue weighted by Gasteiger charge is -2.31. The molecule has 1 amide bonds. The Morgan fingerprint density at radius 1 is 1.00 bits per heavy atom. The minimum absolute atomic E-state index is 0.0411. The number of amides is 1. The topological polar surface area (TPSA) is 59.8 Å². The third kappa shape index (κ3) is 5.36. The first-order valence-electron chi connectivity index (χ1n) is 9.61. The van der Waals surface area contributed by atoms with Crippen molar-refractivity contribution in [2.75, 3.05) is 0 Å². The summed E-state index contributed by atoms with van der Waals surface area (Å²) in [7, 11) is 0. The zero-order valence-corrected chi connectivity index (χ0v) is 17.0. The van der Waals surface area contributed by atoms with E-state index in [1.54, 1.807) is 18.4 Å². The van der Waals surface area contributed by atoms with Gasteiger partial charge in [0, 0.05) is 5.56 Å². The first kappa shape index (κ1) is 20.0. The van der Waals surface area contributed by atoms with Crippen LogP contribution in [-0.4, -0.2) is 11.4 Å². The van der Waals surface area contributed by atoms with E-state index in [2.05, 4.69) is 57.3 Å². The summed E-state index contributed by atoms with van der Waals surface area (Å²) in [6.07, 6.45) is 1.59. The fourth-order valence-electron chi connectivity index (χ4n) is 3.02. The van der Waals surface area contributed by atoms with E-state index in [-0.39, 0.29) is 11.4 Å². The highest BCUT2D eigenvalue weighted by molar-refractivity contribution is 5.91. The molecule has 0 saturated heterocycles. The third-order valence-corrected chi connectivity index (χ3v) is 4.88. The highest BCUT2D eigenvalue weighted by atomic mass is 16.4. The summed E-state index contributed by atoms with van der Waals surface area (Å²) in [5, 5.41) is 2.81. The minimum Gasteiger partial charge on any atom is -0.467 e. The van der Waals surface area contributed by atoms with Crippen molar-refractivity contribution in [3.8, 4) is 0 Å². The number of furan rings is 2. The van der Waals surface area contributed by atoms with E-state index in [4.69, 9.17) is 8.83 Å². The molecule has 0 saturated carbocycles. The van der Waals surface area contributed by atoms with Crippen molar-refractivity contribution >= 4 is 5.91 Å². The van der Waals surface area contributed by atoms with E-state index in [0.717, 1.165) is 12.3 Å². The summed E-state index contributed by atoms with van der Waals surface area (Å²) in [5.74, 6) is 1.60. The lowest BCUT2D eigenvalue weighted by atomic mass is 10.0.